The highest BCUT2D eigenvalue weighted by Gasteiger charge is 2.12. The van der Waals surface area contributed by atoms with Gasteiger partial charge < -0.3 is 19.5 Å². The Bertz CT molecular complexity index is 982. The monoisotopic (exact) mass is 472 g/mol. The third-order valence-electron chi connectivity index (χ3n) is 3.69. The Morgan fingerprint density at radius 1 is 1.13 bits per heavy atom. The van der Waals surface area contributed by atoms with Crippen LogP contribution >= 0.6 is 15.9 Å². The first kappa shape index (κ1) is 23.0. The van der Waals surface area contributed by atoms with Crippen molar-refractivity contribution in [3.05, 3.63) is 58.1 Å². The van der Waals surface area contributed by atoms with Crippen molar-refractivity contribution in [3.63, 3.8) is 0 Å². The van der Waals surface area contributed by atoms with Crippen molar-refractivity contribution >= 4 is 39.6 Å². The Morgan fingerprint density at radius 2 is 1.93 bits per heavy atom. The average Bonchev–Trinajstić information content (AvgIpc) is 2.72. The average molecular weight is 473 g/mol. The summed E-state index contributed by atoms with van der Waals surface area (Å²) >= 11 is 3.36. The minimum absolute atomic E-state index is 0.0658. The van der Waals surface area contributed by atoms with Gasteiger partial charge in [-0.05, 0) is 65.7 Å². The predicted octanol–water partition coefficient (Wildman–Crippen LogP) is 4.34. The summed E-state index contributed by atoms with van der Waals surface area (Å²) in [4.78, 5) is 23.9. The third kappa shape index (κ3) is 6.94. The topological polar surface area (TPSA) is 97.7 Å². The lowest BCUT2D eigenvalue weighted by Gasteiger charge is -2.09. The number of rotatable bonds is 9. The van der Waals surface area contributed by atoms with E-state index >= 15 is 0 Å². The zero-order valence-electron chi connectivity index (χ0n) is 16.6. The molecule has 1 amide bonds. The van der Waals surface area contributed by atoms with E-state index in [4.69, 9.17) is 14.2 Å². The molecule has 0 radical (unpaired) electrons. The van der Waals surface area contributed by atoms with Gasteiger partial charge in [-0.25, -0.2) is 4.79 Å². The van der Waals surface area contributed by atoms with Crippen molar-refractivity contribution in [1.29, 1.82) is 5.26 Å². The van der Waals surface area contributed by atoms with Crippen molar-refractivity contribution in [2.24, 2.45) is 0 Å². The molecular formula is C22H21BrN2O5. The first-order valence-electron chi connectivity index (χ1n) is 9.20. The van der Waals surface area contributed by atoms with E-state index in [9.17, 15) is 14.9 Å². The van der Waals surface area contributed by atoms with Gasteiger partial charge in [0, 0.05) is 11.8 Å². The second kappa shape index (κ2) is 11.6. The number of hydrogen-bond acceptors (Lipinski definition) is 6. The summed E-state index contributed by atoms with van der Waals surface area (Å²) in [5, 5.41) is 12.1. The smallest absolute Gasteiger partial charge is 0.344 e. The Labute approximate surface area is 183 Å². The Morgan fingerprint density at radius 3 is 2.60 bits per heavy atom. The fraction of sp³-hybridized carbons (Fsp3) is 0.227. The summed E-state index contributed by atoms with van der Waals surface area (Å²) in [5.41, 5.74) is 1.07. The molecule has 0 spiro atoms. The van der Waals surface area contributed by atoms with E-state index in [1.165, 1.54) is 6.08 Å². The molecule has 0 heterocycles. The molecule has 0 aliphatic rings. The van der Waals surface area contributed by atoms with E-state index in [1.54, 1.807) is 49.4 Å². The van der Waals surface area contributed by atoms with Gasteiger partial charge in [0.2, 0.25) is 0 Å². The van der Waals surface area contributed by atoms with Crippen molar-refractivity contribution in [2.75, 3.05) is 25.1 Å². The molecule has 0 aliphatic heterocycles. The molecule has 0 saturated heterocycles. The standard InChI is InChI=1S/C22H21BrN2O5/c1-3-28-18-7-5-6-17(12-18)25-22(27)16(13-24)10-15-8-9-20(19(23)11-15)30-14-21(26)29-4-2/h5-12H,3-4,14H2,1-2H3,(H,25,27)/b16-10-. The second-order valence-corrected chi connectivity index (χ2v) is 6.72. The fourth-order valence-corrected chi connectivity index (χ4v) is 2.92. The van der Waals surface area contributed by atoms with Gasteiger partial charge in [-0.1, -0.05) is 12.1 Å². The van der Waals surface area contributed by atoms with E-state index in [0.717, 1.165) is 0 Å². The lowest BCUT2D eigenvalue weighted by molar-refractivity contribution is -0.145. The highest BCUT2D eigenvalue weighted by Crippen LogP contribution is 2.27. The molecule has 7 nitrogen and oxygen atoms in total. The van der Waals surface area contributed by atoms with Crippen LogP contribution in [0.5, 0.6) is 11.5 Å². The Kier molecular flexibility index (Phi) is 8.91. The van der Waals surface area contributed by atoms with Crippen LogP contribution in [0, 0.1) is 11.3 Å². The fourth-order valence-electron chi connectivity index (χ4n) is 2.41. The van der Waals surface area contributed by atoms with Crippen molar-refractivity contribution < 1.29 is 23.8 Å². The van der Waals surface area contributed by atoms with Gasteiger partial charge in [-0.15, -0.1) is 0 Å². The number of benzene rings is 2. The molecule has 8 heteroatoms. The van der Waals surface area contributed by atoms with Crippen molar-refractivity contribution in [3.8, 4) is 17.6 Å². The zero-order chi connectivity index (χ0) is 21.9. The molecule has 0 bridgehead atoms. The van der Waals surface area contributed by atoms with Gasteiger partial charge in [-0.2, -0.15) is 5.26 Å². The van der Waals surface area contributed by atoms with Gasteiger partial charge in [0.1, 0.15) is 23.1 Å². The van der Waals surface area contributed by atoms with E-state index in [1.807, 2.05) is 13.0 Å². The van der Waals surface area contributed by atoms with Crippen molar-refractivity contribution in [1.82, 2.24) is 0 Å². The van der Waals surface area contributed by atoms with Crippen LogP contribution in [-0.4, -0.2) is 31.7 Å². The third-order valence-corrected chi connectivity index (χ3v) is 4.31. The molecule has 2 aromatic carbocycles. The first-order chi connectivity index (χ1) is 14.5. The SMILES string of the molecule is CCOC(=O)COc1ccc(/C=C(/C#N)C(=O)Nc2cccc(OCC)c2)cc1Br. The summed E-state index contributed by atoms with van der Waals surface area (Å²) in [6, 6.07) is 13.8. The molecule has 30 heavy (non-hydrogen) atoms. The minimum Gasteiger partial charge on any atom is -0.494 e. The highest BCUT2D eigenvalue weighted by atomic mass is 79.9. The van der Waals surface area contributed by atoms with Crippen LogP contribution in [0.3, 0.4) is 0 Å². The van der Waals surface area contributed by atoms with Gasteiger partial charge in [0.15, 0.2) is 6.61 Å². The molecule has 0 atom stereocenters. The lowest BCUT2D eigenvalue weighted by atomic mass is 10.1. The number of carbonyl (C=O) groups is 2. The summed E-state index contributed by atoms with van der Waals surface area (Å²) in [7, 11) is 0. The molecule has 156 valence electrons. The normalized spacial score (nSPS) is 10.7. The van der Waals surface area contributed by atoms with Crippen LogP contribution in [0.1, 0.15) is 19.4 Å². The molecule has 0 aliphatic carbocycles. The van der Waals surface area contributed by atoms with E-state index < -0.39 is 11.9 Å². The molecule has 0 unspecified atom stereocenters. The van der Waals surface area contributed by atoms with Crippen molar-refractivity contribution in [2.45, 2.75) is 13.8 Å². The summed E-state index contributed by atoms with van der Waals surface area (Å²) in [5.74, 6) is 0.0613. The summed E-state index contributed by atoms with van der Waals surface area (Å²) in [6.45, 7) is 4.16. The van der Waals surface area contributed by atoms with Crippen LogP contribution in [0.4, 0.5) is 5.69 Å². The number of ether oxygens (including phenoxy) is 3. The number of esters is 1. The number of amides is 1. The van der Waals surface area contributed by atoms with Gasteiger partial charge >= 0.3 is 5.97 Å². The minimum atomic E-state index is -0.537. The van der Waals surface area contributed by atoms with E-state index in [2.05, 4.69) is 21.2 Å². The number of nitrogens with one attached hydrogen (secondary N) is 1. The lowest BCUT2D eigenvalue weighted by Crippen LogP contribution is -2.14. The number of nitrogens with zero attached hydrogens (tertiary/aromatic N) is 1. The molecular weight excluding hydrogens is 452 g/mol. The Balaban J connectivity index is 2.10. The maximum Gasteiger partial charge on any atom is 0.344 e. The number of halogens is 1. The van der Waals surface area contributed by atoms with Crippen LogP contribution in [0.25, 0.3) is 6.08 Å². The van der Waals surface area contributed by atoms with Crippen LogP contribution in [0.15, 0.2) is 52.5 Å². The van der Waals surface area contributed by atoms with Crippen LogP contribution in [-0.2, 0) is 14.3 Å². The quantitative estimate of drug-likeness (QED) is 0.331. The largest absolute Gasteiger partial charge is 0.494 e. The molecule has 2 rings (SSSR count). The maximum absolute atomic E-state index is 12.5. The number of nitriles is 1. The number of carbonyl (C=O) groups excluding carboxylic acids is 2. The van der Waals surface area contributed by atoms with E-state index in [0.29, 0.717) is 33.8 Å². The van der Waals surface area contributed by atoms with Crippen LogP contribution < -0.4 is 14.8 Å². The summed E-state index contributed by atoms with van der Waals surface area (Å²) < 4.78 is 16.2. The highest BCUT2D eigenvalue weighted by molar-refractivity contribution is 9.10. The number of anilines is 1. The summed E-state index contributed by atoms with van der Waals surface area (Å²) in [6.07, 6.45) is 1.46. The maximum atomic E-state index is 12.5. The molecule has 0 saturated carbocycles. The van der Waals surface area contributed by atoms with Gasteiger partial charge in [0.05, 0.1) is 17.7 Å². The van der Waals surface area contributed by atoms with Gasteiger partial charge in [-0.3, -0.25) is 4.79 Å². The van der Waals surface area contributed by atoms with Crippen LogP contribution in [0.2, 0.25) is 0 Å². The predicted molar refractivity (Wildman–Crippen MR) is 116 cm³/mol. The second-order valence-electron chi connectivity index (χ2n) is 5.87. The number of hydrogen-bond donors (Lipinski definition) is 1. The van der Waals surface area contributed by atoms with E-state index in [-0.39, 0.29) is 18.8 Å². The van der Waals surface area contributed by atoms with Gasteiger partial charge in [0.25, 0.3) is 5.91 Å². The molecule has 2 aromatic rings. The Hall–Kier alpha value is -3.31. The first-order valence-corrected chi connectivity index (χ1v) is 10.00. The molecule has 0 fully saturated rings. The zero-order valence-corrected chi connectivity index (χ0v) is 18.2. The molecule has 1 N–H and O–H groups in total. The molecule has 0 aromatic heterocycles.